The molecule has 2 heterocycles. The van der Waals surface area contributed by atoms with Gasteiger partial charge in [-0.1, -0.05) is 13.8 Å². The van der Waals surface area contributed by atoms with Crippen LogP contribution in [-0.4, -0.2) is 20.7 Å². The molecule has 2 aromatic heterocycles. The van der Waals surface area contributed by atoms with E-state index in [-0.39, 0.29) is 17.8 Å². The van der Waals surface area contributed by atoms with Crippen molar-refractivity contribution in [2.45, 2.75) is 39.8 Å². The highest BCUT2D eigenvalue weighted by Gasteiger charge is 2.08. The summed E-state index contributed by atoms with van der Waals surface area (Å²) in [5, 5.41) is 4.02. The lowest BCUT2D eigenvalue weighted by Gasteiger charge is -2.07. The summed E-state index contributed by atoms with van der Waals surface area (Å²) in [5.41, 5.74) is -0.537. The monoisotopic (exact) mass is 308 g/mol. The lowest BCUT2D eigenvalue weighted by Crippen LogP contribution is -2.39. The van der Waals surface area contributed by atoms with E-state index in [1.807, 2.05) is 6.92 Å². The van der Waals surface area contributed by atoms with Gasteiger partial charge in [0, 0.05) is 36.4 Å². The van der Waals surface area contributed by atoms with Crippen molar-refractivity contribution in [1.82, 2.24) is 14.1 Å². The lowest BCUT2D eigenvalue weighted by atomic mass is 10.4. The third-order valence-electron chi connectivity index (χ3n) is 3.00. The summed E-state index contributed by atoms with van der Waals surface area (Å²) in [4.78, 5) is 29.3. The van der Waals surface area contributed by atoms with Gasteiger partial charge in [0.2, 0.25) is 0 Å². The van der Waals surface area contributed by atoms with Gasteiger partial charge in [0.25, 0.3) is 5.56 Å². The highest BCUT2D eigenvalue weighted by Crippen LogP contribution is 2.18. The molecule has 0 atom stereocenters. The second-order valence-corrected chi connectivity index (χ2v) is 5.89. The molecule has 114 valence electrons. The van der Waals surface area contributed by atoms with Gasteiger partial charge in [0.05, 0.1) is 6.54 Å². The van der Waals surface area contributed by atoms with Crippen LogP contribution in [0.2, 0.25) is 0 Å². The minimum absolute atomic E-state index is 0.263. The number of thiazole rings is 1. The fraction of sp³-hybridized carbons (Fsp3) is 0.500. The van der Waals surface area contributed by atoms with E-state index in [4.69, 9.17) is 0 Å². The van der Waals surface area contributed by atoms with Gasteiger partial charge < -0.3 is 9.88 Å². The largest absolute Gasteiger partial charge is 0.362 e. The van der Waals surface area contributed by atoms with Crippen molar-refractivity contribution in [3.8, 4) is 0 Å². The molecule has 0 aliphatic carbocycles. The number of nitrogens with one attached hydrogen (secondary N) is 1. The quantitative estimate of drug-likeness (QED) is 0.846. The van der Waals surface area contributed by atoms with Gasteiger partial charge in [-0.2, -0.15) is 0 Å². The molecule has 0 aliphatic heterocycles. The molecule has 0 saturated heterocycles. The summed E-state index contributed by atoms with van der Waals surface area (Å²) < 4.78 is 2.82. The Morgan fingerprint density at radius 1 is 1.29 bits per heavy atom. The molecular formula is C14H20N4O2S. The Bertz CT molecular complexity index is 701. The van der Waals surface area contributed by atoms with Crippen molar-refractivity contribution in [3.05, 3.63) is 44.2 Å². The van der Waals surface area contributed by atoms with Crippen LogP contribution < -0.4 is 16.6 Å². The van der Waals surface area contributed by atoms with Crippen LogP contribution in [0.4, 0.5) is 5.13 Å². The average molecular weight is 308 g/mol. The molecule has 0 spiro atoms. The maximum absolute atomic E-state index is 12.3. The molecule has 0 unspecified atom stereocenters. The predicted octanol–water partition coefficient (Wildman–Crippen LogP) is 1.75. The molecule has 0 aliphatic rings. The van der Waals surface area contributed by atoms with Crippen LogP contribution in [0.15, 0.2) is 28.0 Å². The molecule has 21 heavy (non-hydrogen) atoms. The maximum atomic E-state index is 12.3. The molecule has 7 heteroatoms. The summed E-state index contributed by atoms with van der Waals surface area (Å²) >= 11 is 1.47. The Morgan fingerprint density at radius 3 is 2.81 bits per heavy atom. The number of anilines is 1. The van der Waals surface area contributed by atoms with E-state index in [0.717, 1.165) is 29.4 Å². The van der Waals surface area contributed by atoms with Crippen LogP contribution in [0.1, 0.15) is 31.6 Å². The zero-order valence-corrected chi connectivity index (χ0v) is 13.2. The molecule has 0 fully saturated rings. The maximum Gasteiger partial charge on any atom is 0.331 e. The molecule has 0 radical (unpaired) electrons. The first-order chi connectivity index (χ1) is 10.2. The fourth-order valence-electron chi connectivity index (χ4n) is 1.96. The zero-order chi connectivity index (χ0) is 15.2. The van der Waals surface area contributed by atoms with Crippen LogP contribution in [0.25, 0.3) is 0 Å². The molecule has 0 aromatic carbocycles. The normalized spacial score (nSPS) is 10.8. The highest BCUT2D eigenvalue weighted by atomic mass is 32.1. The van der Waals surface area contributed by atoms with Gasteiger partial charge >= 0.3 is 5.69 Å². The first-order valence-corrected chi connectivity index (χ1v) is 7.96. The van der Waals surface area contributed by atoms with Gasteiger partial charge in [-0.05, 0) is 12.8 Å². The van der Waals surface area contributed by atoms with E-state index in [1.165, 1.54) is 22.0 Å². The van der Waals surface area contributed by atoms with Crippen molar-refractivity contribution in [1.29, 1.82) is 0 Å². The van der Waals surface area contributed by atoms with E-state index < -0.39 is 0 Å². The number of rotatable bonds is 7. The summed E-state index contributed by atoms with van der Waals surface area (Å²) in [6.07, 6.45) is 5.15. The second-order valence-electron chi connectivity index (χ2n) is 4.77. The Kier molecular flexibility index (Phi) is 5.32. The van der Waals surface area contributed by atoms with Gasteiger partial charge in [-0.3, -0.25) is 9.36 Å². The van der Waals surface area contributed by atoms with E-state index in [9.17, 15) is 9.59 Å². The van der Waals surface area contributed by atoms with Crippen LogP contribution in [0.5, 0.6) is 0 Å². The first kappa shape index (κ1) is 15.5. The van der Waals surface area contributed by atoms with Crippen molar-refractivity contribution >= 4 is 16.5 Å². The molecule has 1 N–H and O–H groups in total. The fourth-order valence-corrected chi connectivity index (χ4v) is 2.79. The Balaban J connectivity index is 2.23. The lowest BCUT2D eigenvalue weighted by molar-refractivity contribution is 0.572. The standard InChI is InChI=1S/C14H20N4O2S/c1-3-6-15-13-16-9-11(21-13)10-18-12(19)5-8-17(7-4-2)14(18)20/h5,8-9H,3-4,6-7,10H2,1-2H3,(H,15,16). The number of aryl methyl sites for hydroxylation is 1. The first-order valence-electron chi connectivity index (χ1n) is 7.14. The number of aromatic nitrogens is 3. The van der Waals surface area contributed by atoms with Crippen LogP contribution in [-0.2, 0) is 13.1 Å². The van der Waals surface area contributed by atoms with Crippen molar-refractivity contribution in [2.75, 3.05) is 11.9 Å². The van der Waals surface area contributed by atoms with Crippen LogP contribution in [0.3, 0.4) is 0 Å². The van der Waals surface area contributed by atoms with Gasteiger partial charge in [-0.15, -0.1) is 11.3 Å². The Labute approximate surface area is 127 Å². The zero-order valence-electron chi connectivity index (χ0n) is 12.3. The van der Waals surface area contributed by atoms with Crippen LogP contribution >= 0.6 is 11.3 Å². The molecule has 2 rings (SSSR count). The van der Waals surface area contributed by atoms with Gasteiger partial charge in [-0.25, -0.2) is 9.78 Å². The molecule has 6 nitrogen and oxygen atoms in total. The minimum Gasteiger partial charge on any atom is -0.362 e. The molecule has 2 aromatic rings. The van der Waals surface area contributed by atoms with E-state index in [0.29, 0.717) is 6.54 Å². The smallest absolute Gasteiger partial charge is 0.331 e. The number of hydrogen-bond acceptors (Lipinski definition) is 5. The van der Waals surface area contributed by atoms with Gasteiger partial charge in [0.15, 0.2) is 5.13 Å². The number of hydrogen-bond donors (Lipinski definition) is 1. The van der Waals surface area contributed by atoms with E-state index in [1.54, 1.807) is 17.0 Å². The van der Waals surface area contributed by atoms with Crippen molar-refractivity contribution in [3.63, 3.8) is 0 Å². The topological polar surface area (TPSA) is 68.9 Å². The summed E-state index contributed by atoms with van der Waals surface area (Å²) in [6.45, 7) is 5.83. The molecule has 0 bridgehead atoms. The van der Waals surface area contributed by atoms with Crippen molar-refractivity contribution in [2.24, 2.45) is 0 Å². The van der Waals surface area contributed by atoms with E-state index in [2.05, 4.69) is 17.2 Å². The van der Waals surface area contributed by atoms with E-state index >= 15 is 0 Å². The second kappa shape index (κ2) is 7.21. The molecule has 0 saturated carbocycles. The summed E-state index contributed by atoms with van der Waals surface area (Å²) in [7, 11) is 0. The number of nitrogens with zero attached hydrogens (tertiary/aromatic N) is 3. The third-order valence-corrected chi connectivity index (χ3v) is 3.94. The van der Waals surface area contributed by atoms with Crippen molar-refractivity contribution < 1.29 is 0 Å². The predicted molar refractivity (Wildman–Crippen MR) is 85.2 cm³/mol. The van der Waals surface area contributed by atoms with Crippen LogP contribution in [0, 0.1) is 0 Å². The summed E-state index contributed by atoms with van der Waals surface area (Å²) in [5.74, 6) is 0. The minimum atomic E-state index is -0.274. The van der Waals surface area contributed by atoms with Gasteiger partial charge in [0.1, 0.15) is 0 Å². The SMILES string of the molecule is CCCNc1ncc(Cn2c(=O)ccn(CCC)c2=O)s1. The third kappa shape index (κ3) is 3.81. The Morgan fingerprint density at radius 2 is 2.10 bits per heavy atom. The summed E-state index contributed by atoms with van der Waals surface area (Å²) in [6, 6.07) is 1.44. The molecule has 0 amide bonds. The molecular weight excluding hydrogens is 288 g/mol. The Hall–Kier alpha value is -1.89. The average Bonchev–Trinajstić information content (AvgIpc) is 2.92. The highest BCUT2D eigenvalue weighted by molar-refractivity contribution is 7.15.